The molecule has 0 saturated heterocycles. The highest BCUT2D eigenvalue weighted by molar-refractivity contribution is 5.91. The van der Waals surface area contributed by atoms with Crippen molar-refractivity contribution in [3.8, 4) is 11.3 Å². The molecule has 5 heteroatoms. The number of halogens is 1. The molecule has 0 aliphatic carbocycles. The molecular formula is C17H16FN3O. The van der Waals surface area contributed by atoms with Crippen LogP contribution in [0.5, 0.6) is 0 Å². The molecule has 0 atom stereocenters. The summed E-state index contributed by atoms with van der Waals surface area (Å²) < 4.78 is 18.8. The lowest BCUT2D eigenvalue weighted by atomic mass is 10.1. The van der Waals surface area contributed by atoms with Gasteiger partial charge in [-0.25, -0.2) is 14.4 Å². The van der Waals surface area contributed by atoms with Crippen molar-refractivity contribution in [3.05, 3.63) is 54.0 Å². The molecule has 0 aliphatic rings. The molecule has 2 aromatic heterocycles. The summed E-state index contributed by atoms with van der Waals surface area (Å²) in [6, 6.07) is 10.1. The average Bonchev–Trinajstić information content (AvgIpc) is 2.54. The summed E-state index contributed by atoms with van der Waals surface area (Å²) in [7, 11) is 0. The molecule has 3 aromatic rings. The monoisotopic (exact) mass is 297 g/mol. The van der Waals surface area contributed by atoms with Crippen molar-refractivity contribution in [2.45, 2.75) is 13.5 Å². The van der Waals surface area contributed by atoms with Gasteiger partial charge in [0.15, 0.2) is 0 Å². The molecule has 0 unspecified atom stereocenters. The van der Waals surface area contributed by atoms with E-state index in [4.69, 9.17) is 10.5 Å². The quantitative estimate of drug-likeness (QED) is 0.800. The maximum Gasteiger partial charge on any atom is 0.149 e. The molecule has 0 saturated carbocycles. The van der Waals surface area contributed by atoms with Crippen molar-refractivity contribution in [3.63, 3.8) is 0 Å². The Morgan fingerprint density at radius 2 is 2.09 bits per heavy atom. The molecule has 0 aliphatic heterocycles. The Hall–Kier alpha value is -2.53. The topological polar surface area (TPSA) is 61.0 Å². The molecule has 0 amide bonds. The van der Waals surface area contributed by atoms with Gasteiger partial charge in [0.05, 0.1) is 12.3 Å². The highest BCUT2D eigenvalue weighted by atomic mass is 19.1. The maximum atomic E-state index is 13.4. The highest BCUT2D eigenvalue weighted by Crippen LogP contribution is 2.26. The highest BCUT2D eigenvalue weighted by Gasteiger charge is 2.09. The van der Waals surface area contributed by atoms with Crippen LogP contribution in [0, 0.1) is 5.82 Å². The SMILES string of the molecule is CCOCc1cnc(N)c2nc(-c3cccc(F)c3)ccc12. The number of nitrogen functional groups attached to an aromatic ring is 1. The minimum absolute atomic E-state index is 0.296. The molecule has 2 heterocycles. The molecule has 2 N–H and O–H groups in total. The van der Waals surface area contributed by atoms with E-state index in [0.717, 1.165) is 10.9 Å². The first-order valence-electron chi connectivity index (χ1n) is 7.07. The summed E-state index contributed by atoms with van der Waals surface area (Å²) in [6.45, 7) is 3.02. The first kappa shape index (κ1) is 14.4. The molecule has 3 rings (SSSR count). The van der Waals surface area contributed by atoms with E-state index in [1.807, 2.05) is 25.1 Å². The van der Waals surface area contributed by atoms with E-state index in [9.17, 15) is 4.39 Å². The van der Waals surface area contributed by atoms with Crippen LogP contribution < -0.4 is 5.73 Å². The van der Waals surface area contributed by atoms with Crippen molar-refractivity contribution in [1.82, 2.24) is 9.97 Å². The zero-order chi connectivity index (χ0) is 15.5. The van der Waals surface area contributed by atoms with Gasteiger partial charge >= 0.3 is 0 Å². The molecule has 1 aromatic carbocycles. The molecular weight excluding hydrogens is 281 g/mol. The van der Waals surface area contributed by atoms with E-state index in [0.29, 0.717) is 35.8 Å². The van der Waals surface area contributed by atoms with Gasteiger partial charge in [-0.3, -0.25) is 0 Å². The number of aromatic nitrogens is 2. The maximum absolute atomic E-state index is 13.4. The van der Waals surface area contributed by atoms with Gasteiger partial charge in [0.2, 0.25) is 0 Å². The third-order valence-electron chi connectivity index (χ3n) is 3.43. The van der Waals surface area contributed by atoms with Gasteiger partial charge in [-0.15, -0.1) is 0 Å². The number of hydrogen-bond donors (Lipinski definition) is 1. The fraction of sp³-hybridized carbons (Fsp3) is 0.176. The van der Waals surface area contributed by atoms with E-state index in [1.54, 1.807) is 12.3 Å². The van der Waals surface area contributed by atoms with Crippen LogP contribution in [0.3, 0.4) is 0 Å². The zero-order valence-corrected chi connectivity index (χ0v) is 12.2. The summed E-state index contributed by atoms with van der Waals surface area (Å²) in [4.78, 5) is 8.72. The minimum Gasteiger partial charge on any atom is -0.382 e. The van der Waals surface area contributed by atoms with E-state index < -0.39 is 0 Å². The third kappa shape index (κ3) is 2.76. The van der Waals surface area contributed by atoms with Crippen molar-refractivity contribution >= 4 is 16.7 Å². The number of hydrogen-bond acceptors (Lipinski definition) is 4. The van der Waals surface area contributed by atoms with Crippen LogP contribution in [0.1, 0.15) is 12.5 Å². The van der Waals surface area contributed by atoms with Crippen LogP contribution in [0.15, 0.2) is 42.6 Å². The molecule has 112 valence electrons. The lowest BCUT2D eigenvalue weighted by Gasteiger charge is -2.09. The Morgan fingerprint density at radius 3 is 2.86 bits per heavy atom. The number of nitrogens with two attached hydrogens (primary N) is 1. The normalized spacial score (nSPS) is 11.0. The Labute approximate surface area is 127 Å². The lowest BCUT2D eigenvalue weighted by Crippen LogP contribution is -2.00. The van der Waals surface area contributed by atoms with Crippen molar-refractivity contribution in [1.29, 1.82) is 0 Å². The van der Waals surface area contributed by atoms with Crippen LogP contribution in [0.2, 0.25) is 0 Å². The van der Waals surface area contributed by atoms with Crippen molar-refractivity contribution < 1.29 is 9.13 Å². The number of rotatable bonds is 4. The minimum atomic E-state index is -0.296. The van der Waals surface area contributed by atoms with Crippen molar-refractivity contribution in [2.75, 3.05) is 12.3 Å². The predicted octanol–water partition coefficient (Wildman–Crippen LogP) is 3.55. The fourth-order valence-electron chi connectivity index (χ4n) is 2.33. The number of fused-ring (bicyclic) bond motifs is 1. The Morgan fingerprint density at radius 1 is 1.23 bits per heavy atom. The van der Waals surface area contributed by atoms with Gasteiger partial charge in [-0.05, 0) is 25.1 Å². The lowest BCUT2D eigenvalue weighted by molar-refractivity contribution is 0.135. The average molecular weight is 297 g/mol. The van der Waals surface area contributed by atoms with Crippen LogP contribution in [0.4, 0.5) is 10.2 Å². The molecule has 0 radical (unpaired) electrons. The predicted molar refractivity (Wildman–Crippen MR) is 84.7 cm³/mol. The van der Waals surface area contributed by atoms with E-state index in [-0.39, 0.29) is 5.82 Å². The summed E-state index contributed by atoms with van der Waals surface area (Å²) in [5, 5.41) is 0.904. The van der Waals surface area contributed by atoms with Crippen LogP contribution >= 0.6 is 0 Å². The van der Waals surface area contributed by atoms with E-state index >= 15 is 0 Å². The molecule has 4 nitrogen and oxygen atoms in total. The number of anilines is 1. The van der Waals surface area contributed by atoms with Crippen LogP contribution in [-0.2, 0) is 11.3 Å². The number of nitrogens with zero attached hydrogens (tertiary/aromatic N) is 2. The number of benzene rings is 1. The summed E-state index contributed by atoms with van der Waals surface area (Å²) in [6.07, 6.45) is 1.71. The second kappa shape index (κ2) is 6.07. The van der Waals surface area contributed by atoms with Gasteiger partial charge in [-0.1, -0.05) is 18.2 Å². The summed E-state index contributed by atoms with van der Waals surface area (Å²) in [5.74, 6) is 0.0593. The van der Waals surface area contributed by atoms with Gasteiger partial charge in [-0.2, -0.15) is 0 Å². The second-order valence-electron chi connectivity index (χ2n) is 4.91. The van der Waals surface area contributed by atoms with Gasteiger partial charge in [0, 0.05) is 29.3 Å². The Kier molecular flexibility index (Phi) is 3.98. The van der Waals surface area contributed by atoms with E-state index in [1.165, 1.54) is 12.1 Å². The van der Waals surface area contributed by atoms with Crippen molar-refractivity contribution in [2.24, 2.45) is 0 Å². The molecule has 0 bridgehead atoms. The number of pyridine rings is 2. The first-order chi connectivity index (χ1) is 10.7. The van der Waals surface area contributed by atoms with Crippen LogP contribution in [-0.4, -0.2) is 16.6 Å². The van der Waals surface area contributed by atoms with Gasteiger partial charge in [0.1, 0.15) is 17.2 Å². The van der Waals surface area contributed by atoms with Crippen LogP contribution in [0.25, 0.3) is 22.2 Å². The smallest absolute Gasteiger partial charge is 0.149 e. The zero-order valence-electron chi connectivity index (χ0n) is 12.2. The Bertz CT molecular complexity index is 820. The summed E-state index contributed by atoms with van der Waals surface area (Å²) in [5.41, 5.74) is 8.85. The molecule has 0 fully saturated rings. The third-order valence-corrected chi connectivity index (χ3v) is 3.43. The molecule has 22 heavy (non-hydrogen) atoms. The first-order valence-corrected chi connectivity index (χ1v) is 7.07. The fourth-order valence-corrected chi connectivity index (χ4v) is 2.33. The second-order valence-corrected chi connectivity index (χ2v) is 4.91. The van der Waals surface area contributed by atoms with Gasteiger partial charge < -0.3 is 10.5 Å². The molecule has 0 spiro atoms. The summed E-state index contributed by atoms with van der Waals surface area (Å²) >= 11 is 0. The standard InChI is InChI=1S/C17H16FN3O/c1-2-22-10-12-9-20-17(19)16-14(12)6-7-15(21-16)11-4-3-5-13(18)8-11/h3-9H,2,10H2,1H3,(H2,19,20). The van der Waals surface area contributed by atoms with E-state index in [2.05, 4.69) is 9.97 Å². The Balaban J connectivity index is 2.11. The van der Waals surface area contributed by atoms with Gasteiger partial charge in [0.25, 0.3) is 0 Å². The largest absolute Gasteiger partial charge is 0.382 e. The number of ether oxygens (including phenoxy) is 1.